The molecule has 2 heteroatoms. The van der Waals surface area contributed by atoms with Gasteiger partial charge in [0.05, 0.1) is 18.1 Å². The van der Waals surface area contributed by atoms with Gasteiger partial charge in [0.1, 0.15) is 5.41 Å². The maximum Gasteiger partial charge on any atom is 0.111 e. The molecule has 2 nitrogen and oxygen atoms in total. The lowest BCUT2D eigenvalue weighted by atomic mass is 9.61. The summed E-state index contributed by atoms with van der Waals surface area (Å²) >= 11 is 0. The van der Waals surface area contributed by atoms with E-state index in [9.17, 15) is 10.5 Å². The fraction of sp³-hybridized carbons (Fsp3) is 0.304. The van der Waals surface area contributed by atoms with E-state index in [-0.39, 0.29) is 11.8 Å². The maximum atomic E-state index is 10.4. The van der Waals surface area contributed by atoms with Crippen LogP contribution in [0.15, 0.2) is 53.6 Å². The average molecular weight is 324 g/mol. The average Bonchev–Trinajstić information content (AvgIpc) is 3.01. The number of rotatable bonds is 1. The first-order valence-electron chi connectivity index (χ1n) is 8.72. The van der Waals surface area contributed by atoms with Gasteiger partial charge in [-0.15, -0.1) is 0 Å². The second-order valence-corrected chi connectivity index (χ2v) is 7.28. The summed E-state index contributed by atoms with van der Waals surface area (Å²) in [6, 6.07) is 19.7. The molecule has 4 rings (SSSR count). The number of nitrogens with zero attached hydrogens (tertiary/aromatic N) is 2. The highest BCUT2D eigenvalue weighted by atomic mass is 14.6. The van der Waals surface area contributed by atoms with Crippen LogP contribution in [0.1, 0.15) is 53.5 Å². The molecule has 1 unspecified atom stereocenters. The molecule has 3 atom stereocenters. The summed E-state index contributed by atoms with van der Waals surface area (Å²) in [4.78, 5) is 0. The van der Waals surface area contributed by atoms with E-state index in [2.05, 4.69) is 50.3 Å². The monoisotopic (exact) mass is 324 g/mol. The molecule has 0 fully saturated rings. The van der Waals surface area contributed by atoms with Crippen molar-refractivity contribution in [3.63, 3.8) is 0 Å². The maximum absolute atomic E-state index is 10.4. The summed E-state index contributed by atoms with van der Waals surface area (Å²) in [5, 5.41) is 20.2. The minimum atomic E-state index is -0.657. The Morgan fingerprint density at radius 1 is 1.00 bits per heavy atom. The Balaban J connectivity index is 2.10. The third-order valence-corrected chi connectivity index (χ3v) is 6.34. The Morgan fingerprint density at radius 3 is 2.36 bits per heavy atom. The van der Waals surface area contributed by atoms with Crippen molar-refractivity contribution in [3.05, 3.63) is 81.4 Å². The summed E-state index contributed by atoms with van der Waals surface area (Å²) in [6.07, 6.45) is 0.856. The van der Waals surface area contributed by atoms with Gasteiger partial charge in [-0.2, -0.15) is 10.5 Å². The molecule has 2 aromatic rings. The van der Waals surface area contributed by atoms with Crippen LogP contribution in [0.25, 0.3) is 0 Å². The van der Waals surface area contributed by atoms with Gasteiger partial charge in [-0.25, -0.2) is 0 Å². The van der Waals surface area contributed by atoms with E-state index in [1.54, 1.807) is 0 Å². The van der Waals surface area contributed by atoms with Crippen molar-refractivity contribution in [1.82, 2.24) is 0 Å². The molecule has 122 valence electrons. The van der Waals surface area contributed by atoms with Crippen LogP contribution in [0.3, 0.4) is 0 Å². The van der Waals surface area contributed by atoms with Crippen molar-refractivity contribution < 1.29 is 0 Å². The quantitative estimate of drug-likeness (QED) is 0.689. The highest BCUT2D eigenvalue weighted by Gasteiger charge is 2.54. The summed E-state index contributed by atoms with van der Waals surface area (Å²) in [7, 11) is 0. The Hall–Kier alpha value is -2.84. The van der Waals surface area contributed by atoms with Crippen LogP contribution < -0.4 is 0 Å². The summed E-state index contributed by atoms with van der Waals surface area (Å²) < 4.78 is 0. The predicted molar refractivity (Wildman–Crippen MR) is 98.1 cm³/mol. The molecule has 2 aromatic carbocycles. The lowest BCUT2D eigenvalue weighted by molar-refractivity contribution is 0.519. The molecule has 0 spiro atoms. The molecular formula is C23H20N2. The van der Waals surface area contributed by atoms with E-state index >= 15 is 0 Å². The molecule has 0 saturated carbocycles. The summed E-state index contributed by atoms with van der Waals surface area (Å²) in [5.74, 6) is -0.145. The van der Waals surface area contributed by atoms with Crippen molar-refractivity contribution in [2.45, 2.75) is 44.4 Å². The second-order valence-electron chi connectivity index (χ2n) is 7.28. The van der Waals surface area contributed by atoms with E-state index in [1.807, 2.05) is 25.1 Å². The predicted octanol–water partition coefficient (Wildman–Crippen LogP) is 5.05. The van der Waals surface area contributed by atoms with Crippen molar-refractivity contribution in [1.29, 1.82) is 10.5 Å². The lowest BCUT2D eigenvalue weighted by Gasteiger charge is -2.39. The van der Waals surface area contributed by atoms with E-state index in [1.165, 1.54) is 16.7 Å². The molecule has 0 amide bonds. The van der Waals surface area contributed by atoms with Crippen molar-refractivity contribution in [2.75, 3.05) is 0 Å². The molecule has 0 saturated heterocycles. The molecule has 0 aliphatic heterocycles. The van der Waals surface area contributed by atoms with Crippen molar-refractivity contribution >= 4 is 0 Å². The van der Waals surface area contributed by atoms with Gasteiger partial charge in [0, 0.05) is 5.92 Å². The van der Waals surface area contributed by atoms with Gasteiger partial charge < -0.3 is 0 Å². The highest BCUT2D eigenvalue weighted by Crippen LogP contribution is 2.59. The zero-order chi connectivity index (χ0) is 17.8. The zero-order valence-corrected chi connectivity index (χ0v) is 14.8. The number of aryl methyl sites for hydroxylation is 1. The molecule has 0 radical (unpaired) electrons. The first-order valence-corrected chi connectivity index (χ1v) is 8.72. The molecule has 2 aliphatic carbocycles. The van der Waals surface area contributed by atoms with E-state index in [0.29, 0.717) is 0 Å². The third-order valence-electron chi connectivity index (χ3n) is 6.34. The zero-order valence-electron chi connectivity index (χ0n) is 14.8. The molecule has 0 N–H and O–H groups in total. The van der Waals surface area contributed by atoms with E-state index < -0.39 is 5.41 Å². The van der Waals surface area contributed by atoms with Crippen molar-refractivity contribution in [2.24, 2.45) is 0 Å². The Labute approximate surface area is 149 Å². The number of hydrogen-bond donors (Lipinski definition) is 0. The number of benzene rings is 2. The molecule has 25 heavy (non-hydrogen) atoms. The van der Waals surface area contributed by atoms with E-state index in [4.69, 9.17) is 0 Å². The SMILES string of the molecule is CC1=C(C)[C@]2(C#N)c3c(ccc(C)c3CC2c2ccccc2)[C@@H]1C#N. The van der Waals surface area contributed by atoms with Crippen LogP contribution >= 0.6 is 0 Å². The van der Waals surface area contributed by atoms with E-state index in [0.717, 1.165) is 28.7 Å². The minimum Gasteiger partial charge on any atom is -0.197 e. The molecule has 0 bridgehead atoms. The van der Waals surface area contributed by atoms with Crippen molar-refractivity contribution in [3.8, 4) is 12.1 Å². The van der Waals surface area contributed by atoms with Crippen LogP contribution in [0.2, 0.25) is 0 Å². The topological polar surface area (TPSA) is 47.6 Å². The smallest absolute Gasteiger partial charge is 0.111 e. The first-order chi connectivity index (χ1) is 12.1. The van der Waals surface area contributed by atoms with Crippen LogP contribution in [-0.4, -0.2) is 0 Å². The van der Waals surface area contributed by atoms with Crippen LogP contribution in [-0.2, 0) is 11.8 Å². The van der Waals surface area contributed by atoms with Gasteiger partial charge in [0.25, 0.3) is 0 Å². The Morgan fingerprint density at radius 2 is 1.72 bits per heavy atom. The van der Waals surface area contributed by atoms with Crippen LogP contribution in [0.4, 0.5) is 0 Å². The fourth-order valence-corrected chi connectivity index (χ4v) is 4.92. The van der Waals surface area contributed by atoms with Gasteiger partial charge in [0.15, 0.2) is 0 Å². The summed E-state index contributed by atoms with van der Waals surface area (Å²) in [6.45, 7) is 6.19. The molecular weight excluding hydrogens is 304 g/mol. The highest BCUT2D eigenvalue weighted by molar-refractivity contribution is 5.67. The van der Waals surface area contributed by atoms with Crippen LogP contribution in [0.5, 0.6) is 0 Å². The minimum absolute atomic E-state index is 0.100. The third kappa shape index (κ3) is 1.83. The van der Waals surface area contributed by atoms with Gasteiger partial charge >= 0.3 is 0 Å². The lowest BCUT2D eigenvalue weighted by Crippen LogP contribution is -2.35. The number of hydrogen-bond acceptors (Lipinski definition) is 2. The Kier molecular flexibility index (Phi) is 3.34. The standard InChI is InChI=1S/C23H20N2/c1-14-9-10-18-20(12-24)15(2)16(3)23(13-25)21(11-19(14)22(18)23)17-7-5-4-6-8-17/h4-10,20-21H,11H2,1-3H3/t20-,21?,23+/m1/s1. The van der Waals surface area contributed by atoms with Gasteiger partial charge in [-0.05, 0) is 60.6 Å². The number of allylic oxidation sites excluding steroid dienone is 2. The second kappa shape index (κ2) is 5.33. The molecule has 0 aromatic heterocycles. The van der Waals surface area contributed by atoms with Gasteiger partial charge in [-0.3, -0.25) is 0 Å². The van der Waals surface area contributed by atoms with Gasteiger partial charge in [-0.1, -0.05) is 48.0 Å². The fourth-order valence-electron chi connectivity index (χ4n) is 4.92. The van der Waals surface area contributed by atoms with Gasteiger partial charge in [0.2, 0.25) is 0 Å². The first kappa shape index (κ1) is 15.7. The summed E-state index contributed by atoms with van der Waals surface area (Å²) in [5.41, 5.74) is 7.27. The molecule has 2 aliphatic rings. The normalized spacial score (nSPS) is 26.8. The van der Waals surface area contributed by atoms with Crippen LogP contribution in [0, 0.1) is 29.6 Å². The Bertz CT molecular complexity index is 985. The molecule has 0 heterocycles. The number of nitriles is 2. The largest absolute Gasteiger partial charge is 0.197 e.